The van der Waals surface area contributed by atoms with E-state index in [0.717, 1.165) is 14.9 Å². The average Bonchev–Trinajstić information content (AvgIpc) is 2.41. The minimum absolute atomic E-state index is 0.0190. The summed E-state index contributed by atoms with van der Waals surface area (Å²) in [5, 5.41) is 0.682. The molecule has 4 heteroatoms. The Balaban J connectivity index is 2.60. The predicted octanol–water partition coefficient (Wildman–Crippen LogP) is 2.34. The van der Waals surface area contributed by atoms with E-state index < -0.39 is 0 Å². The minimum Gasteiger partial charge on any atom is -0.490 e. The first kappa shape index (κ1) is 8.59. The van der Waals surface area contributed by atoms with Gasteiger partial charge in [-0.05, 0) is 28.7 Å². The molecule has 0 saturated heterocycles. The first-order valence-corrected chi connectivity index (χ1v) is 5.02. The van der Waals surface area contributed by atoms with Gasteiger partial charge in [0.25, 0.3) is 0 Å². The molecule has 0 amide bonds. The van der Waals surface area contributed by atoms with Crippen molar-refractivity contribution in [3.8, 4) is 5.75 Å². The van der Waals surface area contributed by atoms with Crippen molar-refractivity contribution >= 4 is 34.2 Å². The lowest BCUT2D eigenvalue weighted by molar-refractivity contribution is 0.333. The van der Waals surface area contributed by atoms with Crippen molar-refractivity contribution in [1.82, 2.24) is 0 Å². The van der Waals surface area contributed by atoms with Crippen LogP contribution in [0.3, 0.4) is 0 Å². The maximum absolute atomic E-state index is 6.02. The number of benzene rings is 1. The lowest BCUT2D eigenvalue weighted by atomic mass is 10.1. The van der Waals surface area contributed by atoms with Gasteiger partial charge in [-0.25, -0.2) is 0 Å². The molecule has 0 bridgehead atoms. The van der Waals surface area contributed by atoms with Crippen LogP contribution in [0.15, 0.2) is 12.1 Å². The van der Waals surface area contributed by atoms with E-state index in [4.69, 9.17) is 22.1 Å². The summed E-state index contributed by atoms with van der Waals surface area (Å²) in [4.78, 5) is 0. The van der Waals surface area contributed by atoms with Crippen LogP contribution < -0.4 is 10.5 Å². The number of rotatable bonds is 0. The summed E-state index contributed by atoms with van der Waals surface area (Å²) in [5.41, 5.74) is 6.79. The highest BCUT2D eigenvalue weighted by atomic mass is 127. The molecule has 2 rings (SSSR count). The van der Waals surface area contributed by atoms with Crippen molar-refractivity contribution in [2.45, 2.75) is 6.04 Å². The maximum atomic E-state index is 6.02. The molecule has 1 aromatic rings. The number of nitrogens with two attached hydrogens (primary N) is 1. The van der Waals surface area contributed by atoms with Crippen LogP contribution in [0.1, 0.15) is 11.6 Å². The van der Waals surface area contributed by atoms with Gasteiger partial charge < -0.3 is 10.5 Å². The quantitative estimate of drug-likeness (QED) is 0.746. The van der Waals surface area contributed by atoms with Gasteiger partial charge in [0.1, 0.15) is 12.4 Å². The van der Waals surface area contributed by atoms with Crippen molar-refractivity contribution in [3.63, 3.8) is 0 Å². The van der Waals surface area contributed by atoms with Crippen LogP contribution in [-0.2, 0) is 0 Å². The molecule has 0 spiro atoms. The molecule has 0 aliphatic carbocycles. The van der Waals surface area contributed by atoms with Crippen LogP contribution in [0.4, 0.5) is 0 Å². The zero-order chi connectivity index (χ0) is 8.72. The number of fused-ring (bicyclic) bond motifs is 1. The van der Waals surface area contributed by atoms with Gasteiger partial charge >= 0.3 is 0 Å². The van der Waals surface area contributed by atoms with Crippen molar-refractivity contribution in [2.24, 2.45) is 5.73 Å². The van der Waals surface area contributed by atoms with Crippen LogP contribution in [-0.4, -0.2) is 6.61 Å². The number of halogens is 2. The normalized spacial score (nSPS) is 20.4. The van der Waals surface area contributed by atoms with Gasteiger partial charge in [-0.15, -0.1) is 0 Å². The predicted molar refractivity (Wildman–Crippen MR) is 56.6 cm³/mol. The molecule has 1 heterocycles. The van der Waals surface area contributed by atoms with Gasteiger partial charge in [-0.1, -0.05) is 17.7 Å². The molecule has 64 valence electrons. The molecular weight excluding hydrogens is 288 g/mol. The van der Waals surface area contributed by atoms with E-state index in [0.29, 0.717) is 11.6 Å². The van der Waals surface area contributed by atoms with Crippen LogP contribution in [0, 0.1) is 3.57 Å². The third kappa shape index (κ3) is 1.20. The summed E-state index contributed by atoms with van der Waals surface area (Å²) in [6.07, 6.45) is 0. The summed E-state index contributed by atoms with van der Waals surface area (Å²) < 4.78 is 6.36. The van der Waals surface area contributed by atoms with E-state index >= 15 is 0 Å². The van der Waals surface area contributed by atoms with Crippen molar-refractivity contribution < 1.29 is 4.74 Å². The summed E-state index contributed by atoms with van der Waals surface area (Å²) in [5.74, 6) is 0.760. The fourth-order valence-electron chi connectivity index (χ4n) is 1.25. The van der Waals surface area contributed by atoms with Crippen LogP contribution in [0.25, 0.3) is 0 Å². The highest BCUT2D eigenvalue weighted by molar-refractivity contribution is 14.1. The van der Waals surface area contributed by atoms with E-state index in [-0.39, 0.29) is 6.04 Å². The van der Waals surface area contributed by atoms with Crippen molar-refractivity contribution in [3.05, 3.63) is 26.3 Å². The molecule has 0 aromatic heterocycles. The third-order valence-electron chi connectivity index (χ3n) is 1.89. The van der Waals surface area contributed by atoms with E-state index in [2.05, 4.69) is 22.6 Å². The second-order valence-electron chi connectivity index (χ2n) is 2.70. The second-order valence-corrected chi connectivity index (χ2v) is 4.24. The highest BCUT2D eigenvalue weighted by Crippen LogP contribution is 2.39. The van der Waals surface area contributed by atoms with Crippen LogP contribution in [0.5, 0.6) is 5.75 Å². The molecule has 2 N–H and O–H groups in total. The second kappa shape index (κ2) is 3.05. The maximum Gasteiger partial charge on any atom is 0.143 e. The summed E-state index contributed by atoms with van der Waals surface area (Å²) in [6, 6.07) is 3.91. The van der Waals surface area contributed by atoms with Crippen LogP contribution >= 0.6 is 34.2 Å². The Morgan fingerprint density at radius 2 is 2.33 bits per heavy atom. The minimum atomic E-state index is -0.0190. The summed E-state index contributed by atoms with van der Waals surface area (Å²) >= 11 is 8.19. The van der Waals surface area contributed by atoms with Gasteiger partial charge in [-0.2, -0.15) is 0 Å². The van der Waals surface area contributed by atoms with Gasteiger partial charge in [-0.3, -0.25) is 0 Å². The Hall–Kier alpha value is -0.0000000000000000555. The monoisotopic (exact) mass is 295 g/mol. The zero-order valence-electron chi connectivity index (χ0n) is 6.18. The molecular formula is C8H7ClINO. The molecule has 1 aromatic carbocycles. The lowest BCUT2D eigenvalue weighted by Crippen LogP contribution is -2.10. The summed E-state index contributed by atoms with van der Waals surface area (Å²) in [7, 11) is 0. The molecule has 1 aliphatic rings. The molecule has 0 saturated carbocycles. The van der Waals surface area contributed by atoms with E-state index in [9.17, 15) is 0 Å². The van der Waals surface area contributed by atoms with Gasteiger partial charge in [0.05, 0.1) is 11.1 Å². The van der Waals surface area contributed by atoms with Gasteiger partial charge in [0.15, 0.2) is 0 Å². The van der Waals surface area contributed by atoms with Crippen molar-refractivity contribution in [2.75, 3.05) is 6.61 Å². The Morgan fingerprint density at radius 3 is 3.08 bits per heavy atom. The molecule has 0 fully saturated rings. The molecule has 1 unspecified atom stereocenters. The number of hydrogen-bond acceptors (Lipinski definition) is 2. The zero-order valence-corrected chi connectivity index (χ0v) is 9.09. The van der Waals surface area contributed by atoms with Gasteiger partial charge in [0, 0.05) is 9.13 Å². The van der Waals surface area contributed by atoms with Crippen LogP contribution in [0.2, 0.25) is 5.02 Å². The first-order valence-electron chi connectivity index (χ1n) is 3.56. The Bertz CT molecular complexity index is 329. The standard InChI is InChI=1S/C8H7ClINO/c9-7-5(10)2-1-4-6(11)3-12-8(4)7/h1-2,6H,3,11H2. The Kier molecular flexibility index (Phi) is 2.18. The molecule has 1 atom stereocenters. The molecule has 0 radical (unpaired) electrons. The first-order chi connectivity index (χ1) is 5.70. The number of ether oxygens (including phenoxy) is 1. The smallest absolute Gasteiger partial charge is 0.143 e. The third-order valence-corrected chi connectivity index (χ3v) is 3.48. The fourth-order valence-corrected chi connectivity index (χ4v) is 1.90. The average molecular weight is 296 g/mol. The summed E-state index contributed by atoms with van der Waals surface area (Å²) in [6.45, 7) is 0.537. The van der Waals surface area contributed by atoms with Crippen molar-refractivity contribution in [1.29, 1.82) is 0 Å². The van der Waals surface area contributed by atoms with E-state index in [1.807, 2.05) is 12.1 Å². The fraction of sp³-hybridized carbons (Fsp3) is 0.250. The lowest BCUT2D eigenvalue weighted by Gasteiger charge is -2.03. The Labute approximate surface area is 89.2 Å². The van der Waals surface area contributed by atoms with Gasteiger partial charge in [0.2, 0.25) is 0 Å². The molecule has 12 heavy (non-hydrogen) atoms. The highest BCUT2D eigenvalue weighted by Gasteiger charge is 2.23. The molecule has 1 aliphatic heterocycles. The molecule has 2 nitrogen and oxygen atoms in total. The van der Waals surface area contributed by atoms with E-state index in [1.165, 1.54) is 0 Å². The topological polar surface area (TPSA) is 35.2 Å². The largest absolute Gasteiger partial charge is 0.490 e. The van der Waals surface area contributed by atoms with E-state index in [1.54, 1.807) is 0 Å². The Morgan fingerprint density at radius 1 is 1.58 bits per heavy atom. The number of hydrogen-bond donors (Lipinski definition) is 1. The SMILES string of the molecule is NC1COc2c1ccc(I)c2Cl.